The summed E-state index contributed by atoms with van der Waals surface area (Å²) in [6.07, 6.45) is 0. The smallest absolute Gasteiger partial charge is 0.255 e. The Bertz CT molecular complexity index is 976. The van der Waals surface area contributed by atoms with E-state index in [1.165, 1.54) is 11.8 Å². The van der Waals surface area contributed by atoms with Gasteiger partial charge < -0.3 is 9.32 Å². The van der Waals surface area contributed by atoms with Crippen molar-refractivity contribution in [2.24, 2.45) is 0 Å². The van der Waals surface area contributed by atoms with Crippen LogP contribution in [0.3, 0.4) is 0 Å². The molecule has 6 heteroatoms. The summed E-state index contributed by atoms with van der Waals surface area (Å²) in [6.45, 7) is 0.351. The molecule has 3 rings (SSSR count). The first kappa shape index (κ1) is 19.1. The van der Waals surface area contributed by atoms with Gasteiger partial charge in [0.05, 0.1) is 23.9 Å². The van der Waals surface area contributed by atoms with Crippen LogP contribution in [0, 0.1) is 11.3 Å². The standard InChI is InChI=1S/C21H17ClN2O2S/c1-24(21(25)18-4-2-3-5-20(18)27-13-12-23)14-17-10-11-19(26-17)15-6-8-16(22)9-7-15/h2-11H,13-14H2,1H3. The monoisotopic (exact) mass is 396 g/mol. The number of thioether (sulfide) groups is 1. The highest BCUT2D eigenvalue weighted by Crippen LogP contribution is 2.26. The fourth-order valence-corrected chi connectivity index (χ4v) is 3.45. The molecule has 0 bridgehead atoms. The minimum atomic E-state index is -0.111. The summed E-state index contributed by atoms with van der Waals surface area (Å²) in [5, 5.41) is 9.46. The molecule has 0 radical (unpaired) electrons. The van der Waals surface area contributed by atoms with Crippen LogP contribution >= 0.6 is 23.4 Å². The molecular formula is C21H17ClN2O2S. The second-order valence-electron chi connectivity index (χ2n) is 5.88. The van der Waals surface area contributed by atoms with Crippen LogP contribution in [0.2, 0.25) is 5.02 Å². The molecule has 3 aromatic rings. The van der Waals surface area contributed by atoms with Gasteiger partial charge in [0, 0.05) is 22.5 Å². The van der Waals surface area contributed by atoms with Crippen molar-refractivity contribution in [1.82, 2.24) is 4.90 Å². The summed E-state index contributed by atoms with van der Waals surface area (Å²) in [5.74, 6) is 1.61. The molecule has 0 aliphatic carbocycles. The fraction of sp³-hybridized carbons (Fsp3) is 0.143. The highest BCUT2D eigenvalue weighted by molar-refractivity contribution is 7.99. The Morgan fingerprint density at radius 1 is 1.15 bits per heavy atom. The molecule has 1 amide bonds. The van der Waals surface area contributed by atoms with Gasteiger partial charge in [-0.3, -0.25) is 4.79 Å². The van der Waals surface area contributed by atoms with E-state index in [0.717, 1.165) is 16.2 Å². The maximum absolute atomic E-state index is 12.8. The molecular weight excluding hydrogens is 380 g/mol. The zero-order valence-corrected chi connectivity index (χ0v) is 16.3. The predicted molar refractivity (Wildman–Crippen MR) is 108 cm³/mol. The number of hydrogen-bond acceptors (Lipinski definition) is 4. The lowest BCUT2D eigenvalue weighted by Gasteiger charge is -2.17. The summed E-state index contributed by atoms with van der Waals surface area (Å²) >= 11 is 7.28. The molecule has 1 aromatic heterocycles. The molecule has 136 valence electrons. The van der Waals surface area contributed by atoms with Crippen molar-refractivity contribution in [2.45, 2.75) is 11.4 Å². The maximum Gasteiger partial charge on any atom is 0.255 e. The zero-order valence-electron chi connectivity index (χ0n) is 14.7. The first-order valence-corrected chi connectivity index (χ1v) is 9.63. The Labute approximate surface area is 167 Å². The molecule has 0 N–H and O–H groups in total. The number of halogens is 1. The largest absolute Gasteiger partial charge is 0.459 e. The highest BCUT2D eigenvalue weighted by Gasteiger charge is 2.17. The van der Waals surface area contributed by atoms with Crippen LogP contribution in [-0.4, -0.2) is 23.6 Å². The van der Waals surface area contributed by atoms with Gasteiger partial charge in [-0.15, -0.1) is 11.8 Å². The molecule has 4 nitrogen and oxygen atoms in total. The Balaban J connectivity index is 1.72. The summed E-state index contributed by atoms with van der Waals surface area (Å²) in [4.78, 5) is 15.2. The topological polar surface area (TPSA) is 57.2 Å². The van der Waals surface area contributed by atoms with Crippen LogP contribution < -0.4 is 0 Å². The summed E-state index contributed by atoms with van der Waals surface area (Å²) < 4.78 is 5.88. The minimum Gasteiger partial charge on any atom is -0.459 e. The number of carbonyl (C=O) groups is 1. The molecule has 27 heavy (non-hydrogen) atoms. The van der Waals surface area contributed by atoms with Gasteiger partial charge in [-0.25, -0.2) is 0 Å². The summed E-state index contributed by atoms with van der Waals surface area (Å²) in [6, 6.07) is 20.6. The summed E-state index contributed by atoms with van der Waals surface area (Å²) in [7, 11) is 1.73. The third-order valence-corrected chi connectivity index (χ3v) is 5.13. The molecule has 1 heterocycles. The second-order valence-corrected chi connectivity index (χ2v) is 7.33. The molecule has 2 aromatic carbocycles. The van der Waals surface area contributed by atoms with Gasteiger partial charge in [0.2, 0.25) is 0 Å². The normalized spacial score (nSPS) is 10.4. The number of carbonyl (C=O) groups excluding carboxylic acids is 1. The third kappa shape index (κ3) is 4.73. The SMILES string of the molecule is CN(Cc1ccc(-c2ccc(Cl)cc2)o1)C(=O)c1ccccc1SCC#N. The van der Waals surface area contributed by atoms with Crippen molar-refractivity contribution >= 4 is 29.3 Å². The lowest BCUT2D eigenvalue weighted by Crippen LogP contribution is -2.26. The van der Waals surface area contributed by atoms with E-state index >= 15 is 0 Å². The van der Waals surface area contributed by atoms with Gasteiger partial charge >= 0.3 is 0 Å². The van der Waals surface area contributed by atoms with Crippen LogP contribution in [0.4, 0.5) is 0 Å². The van der Waals surface area contributed by atoms with E-state index in [1.807, 2.05) is 54.6 Å². The van der Waals surface area contributed by atoms with Crippen LogP contribution in [0.15, 0.2) is 70.0 Å². The zero-order chi connectivity index (χ0) is 19.2. The van der Waals surface area contributed by atoms with Crippen molar-refractivity contribution in [3.63, 3.8) is 0 Å². The molecule has 0 atom stereocenters. The van der Waals surface area contributed by atoms with E-state index in [0.29, 0.717) is 28.6 Å². The number of hydrogen-bond donors (Lipinski definition) is 0. The van der Waals surface area contributed by atoms with Crippen molar-refractivity contribution in [3.05, 3.63) is 77.0 Å². The number of furan rings is 1. The van der Waals surface area contributed by atoms with Crippen molar-refractivity contribution in [3.8, 4) is 17.4 Å². The van der Waals surface area contributed by atoms with Gasteiger partial charge in [-0.05, 0) is 48.5 Å². The van der Waals surface area contributed by atoms with E-state index in [2.05, 4.69) is 6.07 Å². The fourth-order valence-electron chi connectivity index (χ4n) is 2.62. The van der Waals surface area contributed by atoms with Gasteiger partial charge in [0.15, 0.2) is 0 Å². The van der Waals surface area contributed by atoms with Crippen molar-refractivity contribution in [2.75, 3.05) is 12.8 Å². The lowest BCUT2D eigenvalue weighted by molar-refractivity contribution is 0.0772. The molecule has 0 saturated carbocycles. The minimum absolute atomic E-state index is 0.111. The Hall–Kier alpha value is -2.68. The van der Waals surface area contributed by atoms with Gasteiger partial charge in [0.25, 0.3) is 5.91 Å². The number of benzene rings is 2. The van der Waals surface area contributed by atoms with E-state index in [4.69, 9.17) is 21.3 Å². The highest BCUT2D eigenvalue weighted by atomic mass is 35.5. The van der Waals surface area contributed by atoms with Crippen LogP contribution in [0.1, 0.15) is 16.1 Å². The Kier molecular flexibility index (Phi) is 6.23. The lowest BCUT2D eigenvalue weighted by atomic mass is 10.2. The number of nitrogens with zero attached hydrogens (tertiary/aromatic N) is 2. The van der Waals surface area contributed by atoms with E-state index < -0.39 is 0 Å². The molecule has 0 spiro atoms. The number of nitriles is 1. The number of amides is 1. The summed E-state index contributed by atoms with van der Waals surface area (Å²) in [5.41, 5.74) is 1.52. The van der Waals surface area contributed by atoms with E-state index in [9.17, 15) is 4.79 Å². The quantitative estimate of drug-likeness (QED) is 0.517. The van der Waals surface area contributed by atoms with E-state index in [-0.39, 0.29) is 5.91 Å². The van der Waals surface area contributed by atoms with E-state index in [1.54, 1.807) is 18.0 Å². The third-order valence-electron chi connectivity index (χ3n) is 3.94. The number of rotatable bonds is 6. The van der Waals surface area contributed by atoms with Crippen LogP contribution in [0.25, 0.3) is 11.3 Å². The second kappa shape index (κ2) is 8.81. The molecule has 0 aliphatic rings. The molecule has 0 aliphatic heterocycles. The Morgan fingerprint density at radius 2 is 1.89 bits per heavy atom. The predicted octanol–water partition coefficient (Wildman–Crippen LogP) is 5.49. The first-order valence-electron chi connectivity index (χ1n) is 8.27. The maximum atomic E-state index is 12.8. The molecule has 0 fully saturated rings. The average Bonchev–Trinajstić information content (AvgIpc) is 3.15. The van der Waals surface area contributed by atoms with Gasteiger partial charge in [0.1, 0.15) is 11.5 Å². The first-order chi connectivity index (χ1) is 13.1. The van der Waals surface area contributed by atoms with Gasteiger partial charge in [-0.1, -0.05) is 23.7 Å². The van der Waals surface area contributed by atoms with Crippen LogP contribution in [-0.2, 0) is 6.54 Å². The Morgan fingerprint density at radius 3 is 2.63 bits per heavy atom. The van der Waals surface area contributed by atoms with Crippen LogP contribution in [0.5, 0.6) is 0 Å². The average molecular weight is 397 g/mol. The molecule has 0 unspecified atom stereocenters. The van der Waals surface area contributed by atoms with Crippen molar-refractivity contribution < 1.29 is 9.21 Å². The molecule has 0 saturated heterocycles. The van der Waals surface area contributed by atoms with Crippen molar-refractivity contribution in [1.29, 1.82) is 5.26 Å². The van der Waals surface area contributed by atoms with Gasteiger partial charge in [-0.2, -0.15) is 5.26 Å².